The Morgan fingerprint density at radius 1 is 1.28 bits per heavy atom. The number of halogens is 2. The summed E-state index contributed by atoms with van der Waals surface area (Å²) in [5.41, 5.74) is 1.70. The lowest BCUT2D eigenvalue weighted by Crippen LogP contribution is -2.02. The predicted molar refractivity (Wildman–Crippen MR) is 69.9 cm³/mol. The zero-order chi connectivity index (χ0) is 12.5. The molecule has 3 aromatic rings. The smallest absolute Gasteiger partial charge is 0.156 e. The first-order chi connectivity index (χ1) is 8.79. The van der Waals surface area contributed by atoms with E-state index in [-0.39, 0.29) is 0 Å². The molecule has 0 radical (unpaired) electrons. The van der Waals surface area contributed by atoms with Crippen molar-refractivity contribution in [2.45, 2.75) is 12.4 Å². The van der Waals surface area contributed by atoms with E-state index in [1.807, 2.05) is 28.8 Å². The van der Waals surface area contributed by atoms with Crippen LogP contribution < -0.4 is 0 Å². The highest BCUT2D eigenvalue weighted by Gasteiger charge is 2.13. The van der Waals surface area contributed by atoms with E-state index >= 15 is 0 Å². The second-order valence-corrected chi connectivity index (χ2v) is 4.51. The maximum atomic E-state index is 6.13. The minimum absolute atomic E-state index is 0.319. The van der Waals surface area contributed by atoms with Crippen molar-refractivity contribution in [1.82, 2.24) is 14.7 Å². The van der Waals surface area contributed by atoms with Crippen LogP contribution in [0, 0.1) is 0 Å². The summed E-state index contributed by atoms with van der Waals surface area (Å²) in [4.78, 5) is 4.45. The van der Waals surface area contributed by atoms with Gasteiger partial charge in [-0.25, -0.2) is 4.98 Å². The molecule has 18 heavy (non-hydrogen) atoms. The first-order valence-electron chi connectivity index (χ1n) is 5.38. The molecule has 3 rings (SSSR count). The summed E-state index contributed by atoms with van der Waals surface area (Å²) in [7, 11) is 0. The minimum atomic E-state index is 0.319. The highest BCUT2D eigenvalue weighted by atomic mass is 35.5. The van der Waals surface area contributed by atoms with E-state index in [9.17, 15) is 0 Å². The number of imidazole rings is 1. The van der Waals surface area contributed by atoms with Gasteiger partial charge >= 0.3 is 0 Å². The topological polar surface area (TPSA) is 43.9 Å². The lowest BCUT2D eigenvalue weighted by molar-refractivity contribution is 0.376. The van der Waals surface area contributed by atoms with Gasteiger partial charge in [-0.1, -0.05) is 22.8 Å². The molecule has 2 aromatic heterocycles. The van der Waals surface area contributed by atoms with Crippen LogP contribution in [0.1, 0.15) is 11.6 Å². The molecule has 6 heteroatoms. The molecule has 0 N–H and O–H groups in total. The summed E-state index contributed by atoms with van der Waals surface area (Å²) in [6.07, 6.45) is 1.61. The Kier molecular flexibility index (Phi) is 2.97. The number of alkyl halides is 1. The summed E-state index contributed by atoms with van der Waals surface area (Å²) in [6.45, 7) is 0.541. The van der Waals surface area contributed by atoms with Crippen LogP contribution in [0.3, 0.4) is 0 Å². The maximum Gasteiger partial charge on any atom is 0.156 e. The summed E-state index contributed by atoms with van der Waals surface area (Å²) in [6, 6.07) is 7.48. The van der Waals surface area contributed by atoms with Crippen molar-refractivity contribution in [2.75, 3.05) is 0 Å². The Hall–Kier alpha value is -1.52. The van der Waals surface area contributed by atoms with Crippen LogP contribution in [0.4, 0.5) is 0 Å². The third kappa shape index (κ3) is 1.87. The Morgan fingerprint density at radius 3 is 2.89 bits per heavy atom. The average Bonchev–Trinajstić information content (AvgIpc) is 2.99. The summed E-state index contributed by atoms with van der Waals surface area (Å²) in [5, 5.41) is 4.31. The van der Waals surface area contributed by atoms with Gasteiger partial charge in [-0.05, 0) is 12.1 Å². The van der Waals surface area contributed by atoms with E-state index in [2.05, 4.69) is 10.1 Å². The molecule has 1 aromatic carbocycles. The van der Waals surface area contributed by atoms with Gasteiger partial charge in [0.25, 0.3) is 0 Å². The molecular weight excluding hydrogens is 273 g/mol. The number of rotatable bonds is 3. The SMILES string of the molecule is ClCc1nc2c(Cl)cccc2n1Cc1ccno1. The molecule has 4 nitrogen and oxygen atoms in total. The van der Waals surface area contributed by atoms with E-state index in [0.717, 1.165) is 22.6 Å². The van der Waals surface area contributed by atoms with E-state index < -0.39 is 0 Å². The van der Waals surface area contributed by atoms with Gasteiger partial charge in [0.2, 0.25) is 0 Å². The van der Waals surface area contributed by atoms with E-state index in [1.165, 1.54) is 0 Å². The van der Waals surface area contributed by atoms with Gasteiger partial charge in [-0.3, -0.25) is 0 Å². The molecule has 0 saturated carbocycles. The number of para-hydroxylation sites is 1. The summed E-state index contributed by atoms with van der Waals surface area (Å²) >= 11 is 12.0. The van der Waals surface area contributed by atoms with Gasteiger partial charge < -0.3 is 9.09 Å². The molecular formula is C12H9Cl2N3O. The van der Waals surface area contributed by atoms with Gasteiger partial charge in [0.15, 0.2) is 5.76 Å². The van der Waals surface area contributed by atoms with Crippen LogP contribution in [0.25, 0.3) is 11.0 Å². The van der Waals surface area contributed by atoms with E-state index in [4.69, 9.17) is 27.7 Å². The Bertz CT molecular complexity index is 676. The van der Waals surface area contributed by atoms with Gasteiger partial charge in [0.05, 0.1) is 29.2 Å². The van der Waals surface area contributed by atoms with Gasteiger partial charge in [-0.15, -0.1) is 11.6 Å². The van der Waals surface area contributed by atoms with Gasteiger partial charge in [0.1, 0.15) is 11.3 Å². The predicted octanol–water partition coefficient (Wildman–Crippen LogP) is 3.46. The fourth-order valence-electron chi connectivity index (χ4n) is 1.92. The van der Waals surface area contributed by atoms with Crippen LogP contribution in [0.15, 0.2) is 35.0 Å². The highest BCUT2D eigenvalue weighted by Crippen LogP contribution is 2.25. The number of fused-ring (bicyclic) bond motifs is 1. The Labute approximate surface area is 113 Å². The number of aromatic nitrogens is 3. The Balaban J connectivity index is 2.17. The molecule has 0 amide bonds. The summed E-state index contributed by atoms with van der Waals surface area (Å²) in [5.74, 6) is 1.83. The van der Waals surface area contributed by atoms with Crippen LogP contribution in [-0.2, 0) is 12.4 Å². The lowest BCUT2D eigenvalue weighted by Gasteiger charge is -2.04. The number of hydrogen-bond donors (Lipinski definition) is 0. The Morgan fingerprint density at radius 2 is 2.17 bits per heavy atom. The first-order valence-corrected chi connectivity index (χ1v) is 6.30. The standard InChI is InChI=1S/C12H9Cl2N3O/c13-6-11-16-12-9(14)2-1-3-10(12)17(11)7-8-4-5-15-18-8/h1-5H,6-7H2. The molecule has 0 aliphatic heterocycles. The largest absolute Gasteiger partial charge is 0.359 e. The van der Waals surface area contributed by atoms with E-state index in [0.29, 0.717) is 17.4 Å². The number of nitrogens with zero attached hydrogens (tertiary/aromatic N) is 3. The first kappa shape index (κ1) is 11.6. The van der Waals surface area contributed by atoms with Crippen molar-refractivity contribution in [1.29, 1.82) is 0 Å². The number of benzene rings is 1. The minimum Gasteiger partial charge on any atom is -0.359 e. The molecule has 2 heterocycles. The van der Waals surface area contributed by atoms with Crippen molar-refractivity contribution < 1.29 is 4.52 Å². The lowest BCUT2D eigenvalue weighted by atomic mass is 10.3. The average molecular weight is 282 g/mol. The third-order valence-corrected chi connectivity index (χ3v) is 3.28. The van der Waals surface area contributed by atoms with Crippen molar-refractivity contribution in [3.05, 3.63) is 47.1 Å². The molecule has 0 aliphatic carbocycles. The van der Waals surface area contributed by atoms with Crippen molar-refractivity contribution in [3.63, 3.8) is 0 Å². The molecule has 0 atom stereocenters. The molecule has 0 bridgehead atoms. The summed E-state index contributed by atoms with van der Waals surface area (Å²) < 4.78 is 7.09. The van der Waals surface area contributed by atoms with Crippen LogP contribution >= 0.6 is 23.2 Å². The molecule has 0 aliphatic rings. The molecule has 0 fully saturated rings. The molecule has 0 unspecified atom stereocenters. The second-order valence-electron chi connectivity index (χ2n) is 3.83. The van der Waals surface area contributed by atoms with Gasteiger partial charge in [-0.2, -0.15) is 0 Å². The molecule has 0 saturated heterocycles. The fraction of sp³-hybridized carbons (Fsp3) is 0.167. The van der Waals surface area contributed by atoms with Gasteiger partial charge in [0, 0.05) is 6.07 Å². The highest BCUT2D eigenvalue weighted by molar-refractivity contribution is 6.35. The van der Waals surface area contributed by atoms with Crippen LogP contribution in [-0.4, -0.2) is 14.7 Å². The van der Waals surface area contributed by atoms with Crippen molar-refractivity contribution in [2.24, 2.45) is 0 Å². The molecule has 92 valence electrons. The van der Waals surface area contributed by atoms with Crippen LogP contribution in [0.5, 0.6) is 0 Å². The maximum absolute atomic E-state index is 6.13. The fourth-order valence-corrected chi connectivity index (χ4v) is 2.33. The van der Waals surface area contributed by atoms with E-state index in [1.54, 1.807) is 6.20 Å². The third-order valence-electron chi connectivity index (χ3n) is 2.73. The monoisotopic (exact) mass is 281 g/mol. The number of hydrogen-bond acceptors (Lipinski definition) is 3. The quantitative estimate of drug-likeness (QED) is 0.691. The van der Waals surface area contributed by atoms with Crippen LogP contribution in [0.2, 0.25) is 5.02 Å². The zero-order valence-electron chi connectivity index (χ0n) is 9.31. The van der Waals surface area contributed by atoms with Crippen molar-refractivity contribution in [3.8, 4) is 0 Å². The molecule has 0 spiro atoms. The second kappa shape index (κ2) is 4.63. The zero-order valence-corrected chi connectivity index (χ0v) is 10.8. The normalized spacial score (nSPS) is 11.2. The van der Waals surface area contributed by atoms with Crippen molar-refractivity contribution >= 4 is 34.2 Å².